The van der Waals surface area contributed by atoms with E-state index in [0.29, 0.717) is 13.0 Å². The van der Waals surface area contributed by atoms with Crippen LogP contribution in [0.2, 0.25) is 0 Å². The molecule has 2 rings (SSSR count). The van der Waals surface area contributed by atoms with Crippen LogP contribution in [0.4, 0.5) is 15.8 Å². The van der Waals surface area contributed by atoms with Gasteiger partial charge in [0.2, 0.25) is 0 Å². The monoisotopic (exact) mass is 275 g/mol. The third kappa shape index (κ3) is 3.28. The Morgan fingerprint density at radius 1 is 1.30 bits per heavy atom. The predicted octanol–water partition coefficient (Wildman–Crippen LogP) is 2.81. The Bertz CT molecular complexity index is 605. The van der Waals surface area contributed by atoms with E-state index in [-0.39, 0.29) is 11.4 Å². The first-order valence-corrected chi connectivity index (χ1v) is 6.12. The number of benzene rings is 1. The molecule has 0 aliphatic heterocycles. The summed E-state index contributed by atoms with van der Waals surface area (Å²) in [6.45, 7) is 0.550. The Balaban J connectivity index is 2.14. The van der Waals surface area contributed by atoms with E-state index >= 15 is 0 Å². The lowest BCUT2D eigenvalue weighted by Crippen LogP contribution is -2.21. The summed E-state index contributed by atoms with van der Waals surface area (Å²) in [7, 11) is 1.71. The van der Waals surface area contributed by atoms with Crippen molar-refractivity contribution in [3.63, 3.8) is 0 Å². The van der Waals surface area contributed by atoms with Gasteiger partial charge in [0.25, 0.3) is 5.69 Å². The molecule has 0 fully saturated rings. The number of pyridine rings is 1. The highest BCUT2D eigenvalue weighted by atomic mass is 19.1. The average Bonchev–Trinajstić information content (AvgIpc) is 2.45. The maximum atomic E-state index is 13.3. The highest BCUT2D eigenvalue weighted by Crippen LogP contribution is 2.28. The number of aromatic nitrogens is 1. The molecule has 0 amide bonds. The fourth-order valence-electron chi connectivity index (χ4n) is 1.92. The van der Waals surface area contributed by atoms with Gasteiger partial charge in [-0.3, -0.25) is 15.1 Å². The molecule has 0 N–H and O–H groups in total. The SMILES string of the molecule is CN(CCc1ccncc1)c1cc(F)ccc1[N+](=O)[O-]. The van der Waals surface area contributed by atoms with Gasteiger partial charge in [0.15, 0.2) is 0 Å². The van der Waals surface area contributed by atoms with Crippen molar-refractivity contribution in [1.82, 2.24) is 4.98 Å². The third-order valence-electron chi connectivity index (χ3n) is 3.03. The van der Waals surface area contributed by atoms with Crippen LogP contribution in [0.25, 0.3) is 0 Å². The first-order chi connectivity index (χ1) is 9.58. The number of nitro groups is 1. The van der Waals surface area contributed by atoms with Crippen molar-refractivity contribution in [3.8, 4) is 0 Å². The highest BCUT2D eigenvalue weighted by molar-refractivity contribution is 5.62. The van der Waals surface area contributed by atoms with Crippen LogP contribution >= 0.6 is 0 Å². The number of hydrogen-bond acceptors (Lipinski definition) is 4. The van der Waals surface area contributed by atoms with Crippen LogP contribution in [0, 0.1) is 15.9 Å². The van der Waals surface area contributed by atoms with Gasteiger partial charge in [-0.25, -0.2) is 4.39 Å². The number of nitro benzene ring substituents is 1. The molecule has 0 aliphatic carbocycles. The molecule has 1 aromatic carbocycles. The summed E-state index contributed by atoms with van der Waals surface area (Å²) < 4.78 is 13.3. The van der Waals surface area contributed by atoms with Crippen LogP contribution in [-0.2, 0) is 6.42 Å². The van der Waals surface area contributed by atoms with Crippen molar-refractivity contribution >= 4 is 11.4 Å². The van der Waals surface area contributed by atoms with Crippen molar-refractivity contribution in [2.75, 3.05) is 18.5 Å². The number of nitrogens with zero attached hydrogens (tertiary/aromatic N) is 3. The molecule has 20 heavy (non-hydrogen) atoms. The minimum absolute atomic E-state index is 0.0939. The van der Waals surface area contributed by atoms with Gasteiger partial charge in [0, 0.05) is 38.1 Å². The maximum Gasteiger partial charge on any atom is 0.292 e. The lowest BCUT2D eigenvalue weighted by Gasteiger charge is -2.19. The highest BCUT2D eigenvalue weighted by Gasteiger charge is 2.17. The second-order valence-electron chi connectivity index (χ2n) is 4.42. The summed E-state index contributed by atoms with van der Waals surface area (Å²) in [5.41, 5.74) is 1.26. The maximum absolute atomic E-state index is 13.3. The van der Waals surface area contributed by atoms with Crippen LogP contribution in [0.15, 0.2) is 42.7 Å². The van der Waals surface area contributed by atoms with Crippen LogP contribution < -0.4 is 4.90 Å². The molecular formula is C14H14FN3O2. The molecular weight excluding hydrogens is 261 g/mol. The van der Waals surface area contributed by atoms with Crippen LogP contribution in [0.3, 0.4) is 0 Å². The second-order valence-corrected chi connectivity index (χ2v) is 4.42. The number of hydrogen-bond donors (Lipinski definition) is 0. The zero-order valence-corrected chi connectivity index (χ0v) is 11.0. The molecule has 0 aliphatic rings. The Hall–Kier alpha value is -2.50. The zero-order valence-electron chi connectivity index (χ0n) is 11.0. The smallest absolute Gasteiger partial charge is 0.292 e. The van der Waals surface area contributed by atoms with Gasteiger partial charge >= 0.3 is 0 Å². The first kappa shape index (κ1) is 13.9. The Morgan fingerprint density at radius 3 is 2.65 bits per heavy atom. The fraction of sp³-hybridized carbons (Fsp3) is 0.214. The molecule has 0 saturated carbocycles. The molecule has 2 aromatic rings. The van der Waals surface area contributed by atoms with E-state index in [2.05, 4.69) is 4.98 Å². The van der Waals surface area contributed by atoms with Gasteiger partial charge in [-0.2, -0.15) is 0 Å². The summed E-state index contributed by atoms with van der Waals surface area (Å²) in [5.74, 6) is -0.485. The first-order valence-electron chi connectivity index (χ1n) is 6.12. The molecule has 1 heterocycles. The Morgan fingerprint density at radius 2 is 2.00 bits per heavy atom. The number of rotatable bonds is 5. The van der Waals surface area contributed by atoms with Crippen molar-refractivity contribution in [2.24, 2.45) is 0 Å². The zero-order chi connectivity index (χ0) is 14.5. The van der Waals surface area contributed by atoms with Crippen molar-refractivity contribution in [2.45, 2.75) is 6.42 Å². The number of likely N-dealkylation sites (N-methyl/N-ethyl adjacent to an activating group) is 1. The van der Waals surface area contributed by atoms with Gasteiger partial charge in [0.05, 0.1) is 4.92 Å². The van der Waals surface area contributed by atoms with E-state index in [1.807, 2.05) is 12.1 Å². The van der Waals surface area contributed by atoms with E-state index in [9.17, 15) is 14.5 Å². The topological polar surface area (TPSA) is 59.3 Å². The Kier molecular flexibility index (Phi) is 4.24. The van der Waals surface area contributed by atoms with E-state index in [1.54, 1.807) is 24.3 Å². The van der Waals surface area contributed by atoms with Gasteiger partial charge in [-0.05, 0) is 30.2 Å². The van der Waals surface area contributed by atoms with Gasteiger partial charge < -0.3 is 4.90 Å². The van der Waals surface area contributed by atoms with Crippen LogP contribution in [0.1, 0.15) is 5.56 Å². The number of halogens is 1. The van der Waals surface area contributed by atoms with Gasteiger partial charge in [0.1, 0.15) is 11.5 Å². The van der Waals surface area contributed by atoms with Crippen LogP contribution in [0.5, 0.6) is 0 Å². The molecule has 0 atom stereocenters. The predicted molar refractivity (Wildman–Crippen MR) is 74.3 cm³/mol. The molecule has 0 spiro atoms. The van der Waals surface area contributed by atoms with Gasteiger partial charge in [-0.15, -0.1) is 0 Å². The minimum Gasteiger partial charge on any atom is -0.369 e. The third-order valence-corrected chi connectivity index (χ3v) is 3.03. The summed E-state index contributed by atoms with van der Waals surface area (Å²) in [5, 5.41) is 11.0. The van der Waals surface area contributed by atoms with E-state index in [4.69, 9.17) is 0 Å². The average molecular weight is 275 g/mol. The largest absolute Gasteiger partial charge is 0.369 e. The van der Waals surface area contributed by atoms with Gasteiger partial charge in [-0.1, -0.05) is 0 Å². The lowest BCUT2D eigenvalue weighted by atomic mass is 10.2. The van der Waals surface area contributed by atoms with E-state index in [0.717, 1.165) is 11.6 Å². The summed E-state index contributed by atoms with van der Waals surface area (Å²) in [4.78, 5) is 16.1. The Labute approximate surface area is 115 Å². The number of anilines is 1. The summed E-state index contributed by atoms with van der Waals surface area (Å²) >= 11 is 0. The quantitative estimate of drug-likeness (QED) is 0.622. The van der Waals surface area contributed by atoms with E-state index in [1.165, 1.54) is 12.1 Å². The molecule has 0 saturated heterocycles. The molecule has 1 aromatic heterocycles. The second kappa shape index (κ2) is 6.10. The molecule has 0 bridgehead atoms. The van der Waals surface area contributed by atoms with E-state index < -0.39 is 10.7 Å². The standard InChI is InChI=1S/C14H14FN3O2/c1-17(9-6-11-4-7-16-8-5-11)14-10-12(15)2-3-13(14)18(19)20/h2-5,7-8,10H,6,9H2,1H3. The van der Waals surface area contributed by atoms with Crippen molar-refractivity contribution in [1.29, 1.82) is 0 Å². The molecule has 5 nitrogen and oxygen atoms in total. The lowest BCUT2D eigenvalue weighted by molar-refractivity contribution is -0.384. The normalized spacial score (nSPS) is 10.3. The minimum atomic E-state index is -0.502. The summed E-state index contributed by atoms with van der Waals surface area (Å²) in [6.07, 6.45) is 4.09. The van der Waals surface area contributed by atoms with Crippen LogP contribution in [-0.4, -0.2) is 23.5 Å². The summed E-state index contributed by atoms with van der Waals surface area (Å²) in [6, 6.07) is 7.23. The fourth-order valence-corrected chi connectivity index (χ4v) is 1.92. The molecule has 0 unspecified atom stereocenters. The van der Waals surface area contributed by atoms with Crippen molar-refractivity contribution in [3.05, 3.63) is 64.2 Å². The molecule has 0 radical (unpaired) electrons. The molecule has 6 heteroatoms. The molecule has 104 valence electrons. The van der Waals surface area contributed by atoms with Crippen molar-refractivity contribution < 1.29 is 9.31 Å².